The predicted molar refractivity (Wildman–Crippen MR) is 62.1 cm³/mol. The summed E-state index contributed by atoms with van der Waals surface area (Å²) in [5.74, 6) is 0.295. The number of carbonyl (C=O) groups excluding carboxylic acids is 1. The first kappa shape index (κ1) is 10.4. The smallest absolute Gasteiger partial charge is 0.185 e. The van der Waals surface area contributed by atoms with Crippen LogP contribution in [0.4, 0.5) is 0 Å². The van der Waals surface area contributed by atoms with Crippen LogP contribution in [0.5, 0.6) is 0 Å². The Morgan fingerprint density at radius 3 is 2.87 bits per heavy atom. The molecule has 0 saturated carbocycles. The predicted octanol–water partition coefficient (Wildman–Crippen LogP) is 3.31. The lowest BCUT2D eigenvalue weighted by Gasteiger charge is -2.01. The molecule has 0 fully saturated rings. The Bertz CT molecular complexity index is 510. The molecule has 0 amide bonds. The second-order valence-electron chi connectivity index (χ2n) is 2.92. The van der Waals surface area contributed by atoms with Gasteiger partial charge in [-0.3, -0.25) is 4.79 Å². The lowest BCUT2D eigenvalue weighted by atomic mass is 10.2. The van der Waals surface area contributed by atoms with E-state index < -0.39 is 0 Å². The largest absolute Gasteiger partial charge is 0.336 e. The first-order chi connectivity index (χ1) is 7.20. The van der Waals surface area contributed by atoms with E-state index in [9.17, 15) is 4.79 Å². The van der Waals surface area contributed by atoms with Crippen molar-refractivity contribution in [3.63, 3.8) is 0 Å². The highest BCUT2D eigenvalue weighted by Gasteiger charge is 2.06. The van der Waals surface area contributed by atoms with E-state index in [1.54, 1.807) is 12.3 Å². The second kappa shape index (κ2) is 4.16. The van der Waals surface area contributed by atoms with E-state index in [1.807, 2.05) is 12.1 Å². The van der Waals surface area contributed by atoms with Gasteiger partial charge in [-0.15, -0.1) is 0 Å². The van der Waals surface area contributed by atoms with Crippen molar-refractivity contribution >= 4 is 33.8 Å². The van der Waals surface area contributed by atoms with Crippen LogP contribution in [-0.4, -0.2) is 16.3 Å². The number of aldehydes is 1. The lowest BCUT2D eigenvalue weighted by molar-refractivity contribution is 0.111. The van der Waals surface area contributed by atoms with E-state index in [-0.39, 0.29) is 0 Å². The molecular weight excluding hydrogens is 279 g/mol. The highest BCUT2D eigenvalue weighted by molar-refractivity contribution is 9.10. The van der Waals surface area contributed by atoms with Crippen LogP contribution >= 0.6 is 27.5 Å². The zero-order valence-electron chi connectivity index (χ0n) is 7.50. The first-order valence-corrected chi connectivity index (χ1v) is 5.33. The molecule has 0 spiro atoms. The van der Waals surface area contributed by atoms with Crippen LogP contribution in [0.3, 0.4) is 0 Å². The Morgan fingerprint density at radius 2 is 2.27 bits per heavy atom. The van der Waals surface area contributed by atoms with Crippen LogP contribution in [0.25, 0.3) is 11.3 Å². The van der Waals surface area contributed by atoms with Gasteiger partial charge in [0, 0.05) is 10.0 Å². The number of aromatic nitrogens is 2. The summed E-state index contributed by atoms with van der Waals surface area (Å²) in [6.07, 6.45) is 2.25. The van der Waals surface area contributed by atoms with E-state index in [0.29, 0.717) is 17.1 Å². The first-order valence-electron chi connectivity index (χ1n) is 4.16. The van der Waals surface area contributed by atoms with Crippen LogP contribution in [0.15, 0.2) is 28.9 Å². The fourth-order valence-corrected chi connectivity index (χ4v) is 2.02. The Labute approximate surface area is 99.6 Å². The highest BCUT2D eigenvalue weighted by atomic mass is 79.9. The summed E-state index contributed by atoms with van der Waals surface area (Å²) >= 11 is 9.37. The van der Waals surface area contributed by atoms with Crippen molar-refractivity contribution in [2.75, 3.05) is 0 Å². The molecule has 0 atom stereocenters. The van der Waals surface area contributed by atoms with Crippen LogP contribution < -0.4 is 0 Å². The van der Waals surface area contributed by atoms with Gasteiger partial charge in [0.1, 0.15) is 0 Å². The maximum Gasteiger partial charge on any atom is 0.185 e. The molecule has 3 nitrogen and oxygen atoms in total. The van der Waals surface area contributed by atoms with Crippen molar-refractivity contribution in [3.05, 3.63) is 39.7 Å². The van der Waals surface area contributed by atoms with Crippen LogP contribution in [0.1, 0.15) is 10.6 Å². The minimum atomic E-state index is 0.295. The van der Waals surface area contributed by atoms with Gasteiger partial charge in [0.05, 0.1) is 16.9 Å². The molecule has 0 bridgehead atoms. The SMILES string of the molecule is O=Cc1ncc(-c2ccc(Br)cc2Cl)[nH]1. The van der Waals surface area contributed by atoms with E-state index in [2.05, 4.69) is 25.9 Å². The number of hydrogen-bond donors (Lipinski definition) is 1. The van der Waals surface area contributed by atoms with E-state index in [4.69, 9.17) is 11.6 Å². The molecule has 1 N–H and O–H groups in total. The third-order valence-electron chi connectivity index (χ3n) is 1.93. The van der Waals surface area contributed by atoms with Gasteiger partial charge in [-0.25, -0.2) is 4.98 Å². The van der Waals surface area contributed by atoms with Gasteiger partial charge in [-0.1, -0.05) is 33.6 Å². The van der Waals surface area contributed by atoms with Gasteiger partial charge in [0.25, 0.3) is 0 Å². The van der Waals surface area contributed by atoms with Crippen LogP contribution in [0.2, 0.25) is 5.02 Å². The maximum atomic E-state index is 10.5. The average molecular weight is 286 g/mol. The Hall–Kier alpha value is -1.13. The summed E-state index contributed by atoms with van der Waals surface area (Å²) < 4.78 is 0.909. The van der Waals surface area contributed by atoms with Crippen molar-refractivity contribution in [2.45, 2.75) is 0 Å². The minimum Gasteiger partial charge on any atom is -0.336 e. The monoisotopic (exact) mass is 284 g/mol. The molecule has 1 aromatic carbocycles. The molecule has 2 rings (SSSR count). The number of carbonyl (C=O) groups is 1. The Kier molecular flexibility index (Phi) is 2.88. The number of benzene rings is 1. The zero-order chi connectivity index (χ0) is 10.8. The number of nitrogens with zero attached hydrogens (tertiary/aromatic N) is 1. The number of halogens is 2. The fourth-order valence-electron chi connectivity index (χ4n) is 1.24. The molecule has 0 aliphatic heterocycles. The average Bonchev–Trinajstić information content (AvgIpc) is 2.66. The van der Waals surface area contributed by atoms with Gasteiger partial charge in [-0.2, -0.15) is 0 Å². The zero-order valence-corrected chi connectivity index (χ0v) is 9.84. The standard InChI is InChI=1S/C10H6BrClN2O/c11-6-1-2-7(8(12)3-6)9-4-13-10(5-15)14-9/h1-5H,(H,13,14). The van der Waals surface area contributed by atoms with Crippen molar-refractivity contribution in [1.82, 2.24) is 9.97 Å². The quantitative estimate of drug-likeness (QED) is 0.861. The van der Waals surface area contributed by atoms with E-state index in [0.717, 1.165) is 15.7 Å². The van der Waals surface area contributed by atoms with Gasteiger partial charge in [-0.05, 0) is 12.1 Å². The summed E-state index contributed by atoms with van der Waals surface area (Å²) in [7, 11) is 0. The number of nitrogens with one attached hydrogen (secondary N) is 1. The molecular formula is C10H6BrClN2O. The summed E-state index contributed by atoms with van der Waals surface area (Å²) in [5, 5.41) is 0.602. The van der Waals surface area contributed by atoms with Crippen molar-refractivity contribution in [3.8, 4) is 11.3 Å². The van der Waals surface area contributed by atoms with Crippen LogP contribution in [-0.2, 0) is 0 Å². The topological polar surface area (TPSA) is 45.8 Å². The Morgan fingerprint density at radius 1 is 1.47 bits per heavy atom. The number of H-pyrrole nitrogens is 1. The second-order valence-corrected chi connectivity index (χ2v) is 4.25. The fraction of sp³-hybridized carbons (Fsp3) is 0. The van der Waals surface area contributed by atoms with Crippen LogP contribution in [0, 0.1) is 0 Å². The van der Waals surface area contributed by atoms with E-state index >= 15 is 0 Å². The molecule has 0 aliphatic carbocycles. The van der Waals surface area contributed by atoms with Crippen molar-refractivity contribution < 1.29 is 4.79 Å². The van der Waals surface area contributed by atoms with Crippen molar-refractivity contribution in [2.24, 2.45) is 0 Å². The summed E-state index contributed by atoms with van der Waals surface area (Å²) in [6.45, 7) is 0. The molecule has 0 saturated heterocycles. The molecule has 0 unspecified atom stereocenters. The maximum absolute atomic E-state index is 10.5. The van der Waals surface area contributed by atoms with Gasteiger partial charge in [0.2, 0.25) is 0 Å². The third-order valence-corrected chi connectivity index (χ3v) is 2.73. The molecule has 0 radical (unpaired) electrons. The van der Waals surface area contributed by atoms with Gasteiger partial charge < -0.3 is 4.98 Å². The summed E-state index contributed by atoms with van der Waals surface area (Å²) in [5.41, 5.74) is 1.55. The molecule has 1 heterocycles. The Balaban J connectivity index is 2.49. The third kappa shape index (κ3) is 2.11. The molecule has 1 aromatic heterocycles. The molecule has 5 heteroatoms. The highest BCUT2D eigenvalue weighted by Crippen LogP contribution is 2.28. The van der Waals surface area contributed by atoms with Crippen molar-refractivity contribution in [1.29, 1.82) is 0 Å². The van der Waals surface area contributed by atoms with Gasteiger partial charge in [0.15, 0.2) is 12.1 Å². The minimum absolute atomic E-state index is 0.295. The summed E-state index contributed by atoms with van der Waals surface area (Å²) in [4.78, 5) is 17.2. The van der Waals surface area contributed by atoms with E-state index in [1.165, 1.54) is 0 Å². The lowest BCUT2D eigenvalue weighted by Crippen LogP contribution is -1.83. The number of imidazole rings is 1. The van der Waals surface area contributed by atoms with Gasteiger partial charge >= 0.3 is 0 Å². The molecule has 2 aromatic rings. The number of rotatable bonds is 2. The molecule has 15 heavy (non-hydrogen) atoms. The summed E-state index contributed by atoms with van der Waals surface area (Å²) in [6, 6.07) is 5.52. The number of hydrogen-bond acceptors (Lipinski definition) is 2. The normalized spacial score (nSPS) is 10.3. The molecule has 76 valence electrons. The molecule has 0 aliphatic rings. The number of aromatic amines is 1.